The van der Waals surface area contributed by atoms with E-state index >= 15 is 0 Å². The second-order valence-corrected chi connectivity index (χ2v) is 5.46. The first-order chi connectivity index (χ1) is 10.0. The van der Waals surface area contributed by atoms with Crippen LogP contribution in [0.15, 0.2) is 42.5 Å². The van der Waals surface area contributed by atoms with Crippen LogP contribution in [0, 0.1) is 0 Å². The molecule has 2 rings (SSSR count). The lowest BCUT2D eigenvalue weighted by atomic mass is 10.0. The fraction of sp³-hybridized carbons (Fsp3) is 0.294. The number of benzene rings is 2. The van der Waals surface area contributed by atoms with Crippen molar-refractivity contribution in [3.63, 3.8) is 0 Å². The number of aromatic hydroxyl groups is 1. The van der Waals surface area contributed by atoms with Gasteiger partial charge in [0.25, 0.3) is 0 Å². The number of methoxy groups -OCH3 is 1. The smallest absolute Gasteiger partial charge is 0.120 e. The van der Waals surface area contributed by atoms with Gasteiger partial charge in [0.1, 0.15) is 11.5 Å². The first-order valence-electron chi connectivity index (χ1n) is 6.90. The maximum absolute atomic E-state index is 10.0. The molecule has 21 heavy (non-hydrogen) atoms. The van der Waals surface area contributed by atoms with E-state index in [1.165, 1.54) is 0 Å². The van der Waals surface area contributed by atoms with Gasteiger partial charge < -0.3 is 15.2 Å². The Morgan fingerprint density at radius 2 is 1.71 bits per heavy atom. The van der Waals surface area contributed by atoms with Gasteiger partial charge in [-0.05, 0) is 43.7 Å². The van der Waals surface area contributed by atoms with E-state index in [0.717, 1.165) is 21.9 Å². The molecule has 2 aromatic carbocycles. The maximum Gasteiger partial charge on any atom is 0.120 e. The number of phenols is 1. The summed E-state index contributed by atoms with van der Waals surface area (Å²) >= 11 is 6.22. The van der Waals surface area contributed by atoms with E-state index in [-0.39, 0.29) is 17.8 Å². The van der Waals surface area contributed by atoms with Crippen LogP contribution in [0.5, 0.6) is 11.5 Å². The summed E-state index contributed by atoms with van der Waals surface area (Å²) in [7, 11) is 1.61. The molecule has 0 aliphatic carbocycles. The Labute approximate surface area is 130 Å². The Bertz CT molecular complexity index is 615. The van der Waals surface area contributed by atoms with Crippen LogP contribution >= 0.6 is 11.6 Å². The summed E-state index contributed by atoms with van der Waals surface area (Å²) < 4.78 is 5.21. The van der Waals surface area contributed by atoms with Crippen molar-refractivity contribution in [2.45, 2.75) is 25.9 Å². The summed E-state index contributed by atoms with van der Waals surface area (Å²) in [4.78, 5) is 0. The Kier molecular flexibility index (Phi) is 5.10. The predicted molar refractivity (Wildman–Crippen MR) is 86.1 cm³/mol. The highest BCUT2D eigenvalue weighted by Crippen LogP contribution is 2.31. The van der Waals surface area contributed by atoms with Crippen LogP contribution < -0.4 is 10.1 Å². The highest BCUT2D eigenvalue weighted by atomic mass is 35.5. The second kappa shape index (κ2) is 6.83. The lowest BCUT2D eigenvalue weighted by molar-refractivity contribution is 0.405. The van der Waals surface area contributed by atoms with Crippen molar-refractivity contribution in [2.24, 2.45) is 0 Å². The minimum absolute atomic E-state index is 0.0358. The highest BCUT2D eigenvalue weighted by molar-refractivity contribution is 6.31. The van der Waals surface area contributed by atoms with Gasteiger partial charge in [0.15, 0.2) is 0 Å². The van der Waals surface area contributed by atoms with Crippen molar-refractivity contribution < 1.29 is 9.84 Å². The van der Waals surface area contributed by atoms with Crippen molar-refractivity contribution in [3.8, 4) is 11.5 Å². The van der Waals surface area contributed by atoms with Gasteiger partial charge >= 0.3 is 0 Å². The third-order valence-electron chi connectivity index (χ3n) is 3.57. The molecule has 3 nitrogen and oxygen atoms in total. The van der Waals surface area contributed by atoms with E-state index in [0.29, 0.717) is 0 Å². The molecule has 0 aliphatic heterocycles. The van der Waals surface area contributed by atoms with Crippen LogP contribution in [0.4, 0.5) is 0 Å². The second-order valence-electron chi connectivity index (χ2n) is 5.06. The number of phenolic OH excluding ortho intramolecular Hbond substituents is 1. The Morgan fingerprint density at radius 3 is 2.38 bits per heavy atom. The Hall–Kier alpha value is -1.71. The zero-order valence-electron chi connectivity index (χ0n) is 12.4. The lowest BCUT2D eigenvalue weighted by Gasteiger charge is -2.22. The van der Waals surface area contributed by atoms with Crippen molar-refractivity contribution >= 4 is 11.6 Å². The average molecular weight is 306 g/mol. The summed E-state index contributed by atoms with van der Waals surface area (Å²) in [5.74, 6) is 0.976. The molecule has 0 bridgehead atoms. The molecule has 4 heteroatoms. The monoisotopic (exact) mass is 305 g/mol. The van der Waals surface area contributed by atoms with E-state index in [1.807, 2.05) is 37.3 Å². The van der Waals surface area contributed by atoms with Crippen LogP contribution in [0.25, 0.3) is 0 Å². The number of hydrogen-bond acceptors (Lipinski definition) is 3. The van der Waals surface area contributed by atoms with Gasteiger partial charge in [0, 0.05) is 22.7 Å². The topological polar surface area (TPSA) is 41.5 Å². The van der Waals surface area contributed by atoms with Crippen LogP contribution in [0.3, 0.4) is 0 Å². The SMILES string of the molecule is COc1ccc(O)c(C(C)NC(C)c2ccccc2Cl)c1. The van der Waals surface area contributed by atoms with Crippen molar-refractivity contribution in [2.75, 3.05) is 7.11 Å². The van der Waals surface area contributed by atoms with Gasteiger partial charge in [-0.25, -0.2) is 0 Å². The molecular weight excluding hydrogens is 286 g/mol. The summed E-state index contributed by atoms with van der Waals surface area (Å²) in [6.45, 7) is 4.05. The van der Waals surface area contributed by atoms with Gasteiger partial charge in [-0.2, -0.15) is 0 Å². The Balaban J connectivity index is 2.18. The van der Waals surface area contributed by atoms with Gasteiger partial charge in [-0.1, -0.05) is 29.8 Å². The van der Waals surface area contributed by atoms with Crippen molar-refractivity contribution in [3.05, 3.63) is 58.6 Å². The van der Waals surface area contributed by atoms with E-state index in [1.54, 1.807) is 19.2 Å². The molecule has 0 radical (unpaired) electrons. The van der Waals surface area contributed by atoms with Crippen molar-refractivity contribution in [1.29, 1.82) is 0 Å². The molecule has 0 saturated heterocycles. The molecule has 0 spiro atoms. The normalized spacial score (nSPS) is 13.7. The number of rotatable bonds is 5. The molecule has 0 heterocycles. The summed E-state index contributed by atoms with van der Waals surface area (Å²) in [6, 6.07) is 13.0. The summed E-state index contributed by atoms with van der Waals surface area (Å²) in [5, 5.41) is 14.2. The molecule has 2 aromatic rings. The average Bonchev–Trinajstić information content (AvgIpc) is 2.48. The number of ether oxygens (including phenoxy) is 1. The molecule has 0 aliphatic rings. The van der Waals surface area contributed by atoms with Crippen LogP contribution in [-0.4, -0.2) is 12.2 Å². The van der Waals surface area contributed by atoms with Crippen LogP contribution in [0.1, 0.15) is 37.1 Å². The minimum Gasteiger partial charge on any atom is -0.508 e. The van der Waals surface area contributed by atoms with Gasteiger partial charge in [-0.3, -0.25) is 0 Å². The standard InChI is InChI=1S/C17H20ClNO2/c1-11(14-6-4-5-7-16(14)18)19-12(2)15-10-13(21-3)8-9-17(15)20/h4-12,19-20H,1-3H3. The molecule has 112 valence electrons. The molecule has 0 saturated carbocycles. The maximum atomic E-state index is 10.0. The fourth-order valence-electron chi connectivity index (χ4n) is 2.39. The van der Waals surface area contributed by atoms with Gasteiger partial charge in [0.05, 0.1) is 7.11 Å². The van der Waals surface area contributed by atoms with E-state index in [2.05, 4.69) is 12.2 Å². The highest BCUT2D eigenvalue weighted by Gasteiger charge is 2.16. The predicted octanol–water partition coefficient (Wildman–Crippen LogP) is 4.47. The van der Waals surface area contributed by atoms with Gasteiger partial charge in [-0.15, -0.1) is 0 Å². The quantitative estimate of drug-likeness (QED) is 0.856. The molecule has 0 aromatic heterocycles. The summed E-state index contributed by atoms with van der Waals surface area (Å²) in [6.07, 6.45) is 0. The molecular formula is C17H20ClNO2. The third kappa shape index (κ3) is 3.69. The lowest BCUT2D eigenvalue weighted by Crippen LogP contribution is -2.22. The number of hydrogen-bond donors (Lipinski definition) is 2. The molecule has 0 fully saturated rings. The minimum atomic E-state index is -0.0358. The fourth-order valence-corrected chi connectivity index (χ4v) is 2.69. The Morgan fingerprint density at radius 1 is 1.05 bits per heavy atom. The summed E-state index contributed by atoms with van der Waals surface area (Å²) in [5.41, 5.74) is 1.83. The molecule has 2 N–H and O–H groups in total. The zero-order valence-corrected chi connectivity index (χ0v) is 13.2. The zero-order chi connectivity index (χ0) is 15.4. The van der Waals surface area contributed by atoms with E-state index < -0.39 is 0 Å². The third-order valence-corrected chi connectivity index (χ3v) is 3.92. The first-order valence-corrected chi connectivity index (χ1v) is 7.28. The molecule has 2 atom stereocenters. The van der Waals surface area contributed by atoms with E-state index in [9.17, 15) is 5.11 Å². The first kappa shape index (κ1) is 15.7. The molecule has 2 unspecified atom stereocenters. The van der Waals surface area contributed by atoms with Gasteiger partial charge in [0.2, 0.25) is 0 Å². The van der Waals surface area contributed by atoms with E-state index in [4.69, 9.17) is 16.3 Å². The van der Waals surface area contributed by atoms with Crippen LogP contribution in [0.2, 0.25) is 5.02 Å². The van der Waals surface area contributed by atoms with Crippen molar-refractivity contribution in [1.82, 2.24) is 5.32 Å². The largest absolute Gasteiger partial charge is 0.508 e. The molecule has 0 amide bonds. The number of nitrogens with one attached hydrogen (secondary N) is 1. The van der Waals surface area contributed by atoms with Crippen LogP contribution in [-0.2, 0) is 0 Å². The number of halogens is 1.